The fraction of sp³-hybridized carbons (Fsp3) is 0.435. The van der Waals surface area contributed by atoms with E-state index in [4.69, 9.17) is 0 Å². The van der Waals surface area contributed by atoms with E-state index in [0.717, 1.165) is 57.9 Å². The number of piperazine rings is 2. The van der Waals surface area contributed by atoms with Gasteiger partial charge in [-0.1, -0.05) is 12.1 Å². The highest BCUT2D eigenvalue weighted by Gasteiger charge is 2.22. The molecule has 154 valence electrons. The molecule has 5 nitrogen and oxygen atoms in total. The van der Waals surface area contributed by atoms with E-state index in [1.807, 2.05) is 4.90 Å². The minimum atomic E-state index is -0.270. The van der Waals surface area contributed by atoms with Crippen LogP contribution < -0.4 is 9.80 Å². The summed E-state index contributed by atoms with van der Waals surface area (Å²) in [6.07, 6.45) is 0.333. The average Bonchev–Trinajstić information content (AvgIpc) is 2.76. The Morgan fingerprint density at radius 3 is 1.76 bits per heavy atom. The first kappa shape index (κ1) is 19.7. The van der Waals surface area contributed by atoms with E-state index >= 15 is 0 Å². The lowest BCUT2D eigenvalue weighted by molar-refractivity contribution is -0.130. The van der Waals surface area contributed by atoms with Crippen LogP contribution in [0.3, 0.4) is 0 Å². The molecule has 0 bridgehead atoms. The van der Waals surface area contributed by atoms with Gasteiger partial charge in [0.2, 0.25) is 5.91 Å². The summed E-state index contributed by atoms with van der Waals surface area (Å²) < 4.78 is 13.0. The second-order valence-electron chi connectivity index (χ2n) is 7.98. The van der Waals surface area contributed by atoms with Crippen molar-refractivity contribution in [2.75, 3.05) is 69.2 Å². The molecule has 0 N–H and O–H groups in total. The zero-order chi connectivity index (χ0) is 20.2. The number of hydrogen-bond donors (Lipinski definition) is 0. The van der Waals surface area contributed by atoms with Crippen molar-refractivity contribution < 1.29 is 9.18 Å². The molecule has 0 saturated carbocycles. The number of benzene rings is 2. The van der Waals surface area contributed by atoms with Gasteiger partial charge in [-0.15, -0.1) is 0 Å². The number of halogens is 1. The predicted molar refractivity (Wildman–Crippen MR) is 115 cm³/mol. The Morgan fingerprint density at radius 2 is 1.24 bits per heavy atom. The van der Waals surface area contributed by atoms with Crippen LogP contribution in [-0.4, -0.2) is 75.1 Å². The summed E-state index contributed by atoms with van der Waals surface area (Å²) in [6.45, 7) is 7.48. The zero-order valence-electron chi connectivity index (χ0n) is 17.1. The lowest BCUT2D eigenvalue weighted by Crippen LogP contribution is -2.49. The monoisotopic (exact) mass is 396 g/mol. The third-order valence-corrected chi connectivity index (χ3v) is 5.98. The molecule has 2 aromatic rings. The normalized spacial score (nSPS) is 18.2. The Hall–Kier alpha value is -2.60. The average molecular weight is 397 g/mol. The van der Waals surface area contributed by atoms with Crippen molar-refractivity contribution in [1.82, 2.24) is 9.80 Å². The highest BCUT2D eigenvalue weighted by atomic mass is 19.1. The van der Waals surface area contributed by atoms with E-state index in [2.05, 4.69) is 46.0 Å². The van der Waals surface area contributed by atoms with Gasteiger partial charge in [0.1, 0.15) is 5.82 Å². The quantitative estimate of drug-likeness (QED) is 0.794. The molecule has 2 heterocycles. The van der Waals surface area contributed by atoms with Crippen molar-refractivity contribution in [3.63, 3.8) is 0 Å². The third kappa shape index (κ3) is 4.88. The topological polar surface area (TPSA) is 30.0 Å². The number of carbonyl (C=O) groups is 1. The Balaban J connectivity index is 1.29. The highest BCUT2D eigenvalue weighted by Crippen LogP contribution is 2.23. The number of likely N-dealkylation sites (N-methyl/N-ethyl adjacent to an activating group) is 1. The molecule has 0 unspecified atom stereocenters. The number of hydrogen-bond acceptors (Lipinski definition) is 4. The van der Waals surface area contributed by atoms with Crippen LogP contribution in [0.15, 0.2) is 48.5 Å². The van der Waals surface area contributed by atoms with Crippen LogP contribution in [0, 0.1) is 5.82 Å². The molecule has 0 atom stereocenters. The van der Waals surface area contributed by atoms with Gasteiger partial charge in [-0.3, -0.25) is 4.79 Å². The predicted octanol–water partition coefficient (Wildman–Crippen LogP) is 2.47. The number of anilines is 2. The molecule has 0 aromatic heterocycles. The Morgan fingerprint density at radius 1 is 0.759 bits per heavy atom. The standard InChI is InChI=1S/C23H29FN4O/c1-25-10-12-26(13-11-25)21-6-8-22(9-7-21)27-14-16-28(17-15-27)23(29)18-19-2-4-20(24)5-3-19/h2-9H,10-18H2,1H3. The number of amides is 1. The van der Waals surface area contributed by atoms with Gasteiger partial charge in [0.15, 0.2) is 0 Å². The van der Waals surface area contributed by atoms with Crippen LogP contribution in [0.2, 0.25) is 0 Å². The maximum atomic E-state index is 13.0. The molecule has 0 spiro atoms. The first-order valence-electron chi connectivity index (χ1n) is 10.4. The van der Waals surface area contributed by atoms with Crippen molar-refractivity contribution in [2.24, 2.45) is 0 Å². The molecule has 2 aromatic carbocycles. The molecular formula is C23H29FN4O. The van der Waals surface area contributed by atoms with E-state index < -0.39 is 0 Å². The summed E-state index contributed by atoms with van der Waals surface area (Å²) in [6, 6.07) is 15.0. The first-order valence-corrected chi connectivity index (χ1v) is 10.4. The summed E-state index contributed by atoms with van der Waals surface area (Å²) in [5.41, 5.74) is 3.36. The van der Waals surface area contributed by atoms with Crippen LogP contribution >= 0.6 is 0 Å². The number of rotatable bonds is 4. The molecule has 29 heavy (non-hydrogen) atoms. The van der Waals surface area contributed by atoms with Gasteiger partial charge in [-0.25, -0.2) is 4.39 Å². The number of carbonyl (C=O) groups excluding carboxylic acids is 1. The van der Waals surface area contributed by atoms with Gasteiger partial charge in [-0.2, -0.15) is 0 Å². The SMILES string of the molecule is CN1CCN(c2ccc(N3CCN(C(=O)Cc4ccc(F)cc4)CC3)cc2)CC1. The molecule has 4 rings (SSSR count). The van der Waals surface area contributed by atoms with Gasteiger partial charge >= 0.3 is 0 Å². The maximum Gasteiger partial charge on any atom is 0.227 e. The Bertz CT molecular complexity index is 808. The van der Waals surface area contributed by atoms with Crippen LogP contribution in [0.1, 0.15) is 5.56 Å². The van der Waals surface area contributed by atoms with E-state index in [1.54, 1.807) is 12.1 Å². The molecule has 2 aliphatic heterocycles. The molecule has 2 saturated heterocycles. The Labute approximate surface area is 172 Å². The minimum absolute atomic E-state index is 0.113. The highest BCUT2D eigenvalue weighted by molar-refractivity contribution is 5.79. The first-order chi connectivity index (χ1) is 14.1. The fourth-order valence-corrected chi connectivity index (χ4v) is 4.04. The summed E-state index contributed by atoms with van der Waals surface area (Å²) in [4.78, 5) is 21.6. The van der Waals surface area contributed by atoms with Crippen molar-refractivity contribution in [3.05, 3.63) is 59.9 Å². The van der Waals surface area contributed by atoms with Crippen LogP contribution in [0.4, 0.5) is 15.8 Å². The summed E-state index contributed by atoms with van der Waals surface area (Å²) in [7, 11) is 2.17. The lowest BCUT2D eigenvalue weighted by Gasteiger charge is -2.37. The van der Waals surface area contributed by atoms with E-state index in [9.17, 15) is 9.18 Å². The molecule has 0 aliphatic carbocycles. The second kappa shape index (κ2) is 8.82. The Kier molecular flexibility index (Phi) is 6.00. The van der Waals surface area contributed by atoms with Crippen molar-refractivity contribution in [2.45, 2.75) is 6.42 Å². The summed E-state index contributed by atoms with van der Waals surface area (Å²) in [5, 5.41) is 0. The fourth-order valence-electron chi connectivity index (χ4n) is 4.04. The maximum absolute atomic E-state index is 13.0. The molecular weight excluding hydrogens is 367 g/mol. The third-order valence-electron chi connectivity index (χ3n) is 5.98. The van der Waals surface area contributed by atoms with Crippen molar-refractivity contribution >= 4 is 17.3 Å². The molecule has 0 radical (unpaired) electrons. The zero-order valence-corrected chi connectivity index (χ0v) is 17.1. The van der Waals surface area contributed by atoms with Gasteiger partial charge in [0, 0.05) is 63.7 Å². The van der Waals surface area contributed by atoms with Gasteiger partial charge < -0.3 is 19.6 Å². The number of nitrogens with zero attached hydrogens (tertiary/aromatic N) is 4. The van der Waals surface area contributed by atoms with E-state index in [-0.39, 0.29) is 11.7 Å². The van der Waals surface area contributed by atoms with Gasteiger partial charge in [0.25, 0.3) is 0 Å². The van der Waals surface area contributed by atoms with Crippen LogP contribution in [0.25, 0.3) is 0 Å². The summed E-state index contributed by atoms with van der Waals surface area (Å²) in [5.74, 6) is -0.157. The van der Waals surface area contributed by atoms with E-state index in [0.29, 0.717) is 6.42 Å². The minimum Gasteiger partial charge on any atom is -0.369 e. The molecule has 2 fully saturated rings. The lowest BCUT2D eigenvalue weighted by atomic mass is 10.1. The molecule has 6 heteroatoms. The van der Waals surface area contributed by atoms with Gasteiger partial charge in [-0.05, 0) is 49.0 Å². The van der Waals surface area contributed by atoms with Crippen molar-refractivity contribution in [3.8, 4) is 0 Å². The summed E-state index contributed by atoms with van der Waals surface area (Å²) >= 11 is 0. The van der Waals surface area contributed by atoms with Gasteiger partial charge in [0.05, 0.1) is 6.42 Å². The van der Waals surface area contributed by atoms with Crippen LogP contribution in [-0.2, 0) is 11.2 Å². The van der Waals surface area contributed by atoms with Crippen LogP contribution in [0.5, 0.6) is 0 Å². The largest absolute Gasteiger partial charge is 0.369 e. The molecule has 2 aliphatic rings. The second-order valence-corrected chi connectivity index (χ2v) is 7.98. The molecule has 1 amide bonds. The smallest absolute Gasteiger partial charge is 0.227 e. The van der Waals surface area contributed by atoms with E-state index in [1.165, 1.54) is 23.5 Å². The van der Waals surface area contributed by atoms with Crippen molar-refractivity contribution in [1.29, 1.82) is 0 Å².